The van der Waals surface area contributed by atoms with Gasteiger partial charge in [-0.15, -0.1) is 0 Å². The Morgan fingerprint density at radius 3 is 2.40 bits per heavy atom. The Balaban J connectivity index is 3.33. The molecule has 0 spiro atoms. The predicted octanol–water partition coefficient (Wildman–Crippen LogP) is 1.79. The number of rotatable bonds is 4. The van der Waals surface area contributed by atoms with Crippen LogP contribution in [0.1, 0.15) is 18.6 Å². The fourth-order valence-electron chi connectivity index (χ4n) is 1.39. The molecule has 0 radical (unpaired) electrons. The van der Waals surface area contributed by atoms with E-state index in [-0.39, 0.29) is 5.75 Å². The molecule has 1 atom stereocenters. The van der Waals surface area contributed by atoms with E-state index in [0.29, 0.717) is 11.3 Å². The van der Waals surface area contributed by atoms with Gasteiger partial charge in [0.25, 0.3) is 0 Å². The van der Waals surface area contributed by atoms with Gasteiger partial charge in [-0.1, -0.05) is 0 Å². The molecular formula is C10H14FNO3. The second kappa shape index (κ2) is 4.95. The molecule has 0 aliphatic carbocycles. The first-order valence-corrected chi connectivity index (χ1v) is 4.41. The molecule has 2 N–H and O–H groups in total. The fourth-order valence-corrected chi connectivity index (χ4v) is 1.39. The zero-order valence-corrected chi connectivity index (χ0v) is 8.91. The zero-order chi connectivity index (χ0) is 11.4. The third kappa shape index (κ3) is 2.19. The quantitative estimate of drug-likeness (QED) is 0.778. The maximum absolute atomic E-state index is 13.4. The highest BCUT2D eigenvalue weighted by molar-refractivity contribution is 5.47. The highest BCUT2D eigenvalue weighted by Crippen LogP contribution is 2.36. The minimum atomic E-state index is -0.509. The Labute approximate surface area is 87.7 Å². The van der Waals surface area contributed by atoms with Crippen LogP contribution in [0.4, 0.5) is 4.39 Å². The molecule has 15 heavy (non-hydrogen) atoms. The summed E-state index contributed by atoms with van der Waals surface area (Å²) in [5.74, 6) is 5.16. The standard InChI is InChI=1S/C10H14FNO3/c1-6(15-12)9-8(13-2)5-4-7(11)10(9)14-3/h4-6H,12H2,1-3H3. The lowest BCUT2D eigenvalue weighted by molar-refractivity contribution is 0.0622. The van der Waals surface area contributed by atoms with Crippen molar-refractivity contribution in [3.8, 4) is 11.5 Å². The smallest absolute Gasteiger partial charge is 0.165 e. The lowest BCUT2D eigenvalue weighted by Gasteiger charge is -2.17. The van der Waals surface area contributed by atoms with Gasteiger partial charge in [-0.05, 0) is 19.1 Å². The van der Waals surface area contributed by atoms with Gasteiger partial charge in [0.2, 0.25) is 0 Å². The minimum Gasteiger partial charge on any atom is -0.496 e. The van der Waals surface area contributed by atoms with Crippen molar-refractivity contribution in [2.45, 2.75) is 13.0 Å². The molecule has 1 aromatic rings. The monoisotopic (exact) mass is 215 g/mol. The van der Waals surface area contributed by atoms with Crippen LogP contribution in [0.2, 0.25) is 0 Å². The van der Waals surface area contributed by atoms with Crippen molar-refractivity contribution in [2.24, 2.45) is 5.90 Å². The van der Waals surface area contributed by atoms with Crippen molar-refractivity contribution in [3.63, 3.8) is 0 Å². The van der Waals surface area contributed by atoms with Crippen LogP contribution in [-0.4, -0.2) is 14.2 Å². The van der Waals surface area contributed by atoms with E-state index >= 15 is 0 Å². The molecule has 5 heteroatoms. The zero-order valence-electron chi connectivity index (χ0n) is 8.91. The van der Waals surface area contributed by atoms with Gasteiger partial charge in [0.1, 0.15) is 11.9 Å². The number of methoxy groups -OCH3 is 2. The number of ether oxygens (including phenoxy) is 2. The summed E-state index contributed by atoms with van der Waals surface area (Å²) in [4.78, 5) is 4.65. The molecule has 0 aliphatic rings. The van der Waals surface area contributed by atoms with E-state index in [1.807, 2.05) is 0 Å². The average molecular weight is 215 g/mol. The number of benzene rings is 1. The molecule has 0 saturated heterocycles. The highest BCUT2D eigenvalue weighted by Gasteiger charge is 2.20. The first kappa shape index (κ1) is 11.7. The summed E-state index contributed by atoms with van der Waals surface area (Å²) in [6.45, 7) is 1.68. The van der Waals surface area contributed by atoms with Crippen LogP contribution >= 0.6 is 0 Å². The van der Waals surface area contributed by atoms with Crippen LogP contribution in [0.5, 0.6) is 11.5 Å². The van der Waals surface area contributed by atoms with Gasteiger partial charge in [0.15, 0.2) is 11.6 Å². The summed E-state index contributed by atoms with van der Waals surface area (Å²) in [6, 6.07) is 2.77. The predicted molar refractivity (Wildman–Crippen MR) is 53.2 cm³/mol. The normalized spacial score (nSPS) is 12.3. The molecule has 0 saturated carbocycles. The van der Waals surface area contributed by atoms with Crippen molar-refractivity contribution < 1.29 is 18.7 Å². The average Bonchev–Trinajstić information content (AvgIpc) is 2.27. The van der Waals surface area contributed by atoms with Crippen LogP contribution in [0.15, 0.2) is 12.1 Å². The van der Waals surface area contributed by atoms with Gasteiger partial charge in [-0.2, -0.15) is 0 Å². The van der Waals surface area contributed by atoms with E-state index in [9.17, 15) is 4.39 Å². The summed E-state index contributed by atoms with van der Waals surface area (Å²) in [5, 5.41) is 0. The summed E-state index contributed by atoms with van der Waals surface area (Å²) < 4.78 is 23.4. The summed E-state index contributed by atoms with van der Waals surface area (Å²) >= 11 is 0. The van der Waals surface area contributed by atoms with Crippen LogP contribution in [0, 0.1) is 5.82 Å². The molecule has 4 nitrogen and oxygen atoms in total. The largest absolute Gasteiger partial charge is 0.496 e. The summed E-state index contributed by atoms with van der Waals surface area (Å²) in [6.07, 6.45) is -0.509. The molecule has 1 rings (SSSR count). The molecule has 84 valence electrons. The Morgan fingerprint density at radius 2 is 1.93 bits per heavy atom. The van der Waals surface area contributed by atoms with Crippen LogP contribution < -0.4 is 15.4 Å². The van der Waals surface area contributed by atoms with Crippen molar-refractivity contribution in [1.29, 1.82) is 0 Å². The van der Waals surface area contributed by atoms with Gasteiger partial charge in [0.05, 0.1) is 19.8 Å². The molecule has 1 unspecified atom stereocenters. The van der Waals surface area contributed by atoms with E-state index < -0.39 is 11.9 Å². The van der Waals surface area contributed by atoms with E-state index in [1.165, 1.54) is 26.4 Å². The van der Waals surface area contributed by atoms with E-state index in [0.717, 1.165) is 0 Å². The number of hydrogen-bond acceptors (Lipinski definition) is 4. The third-order valence-electron chi connectivity index (χ3n) is 2.14. The Kier molecular flexibility index (Phi) is 3.88. The molecule has 0 aromatic heterocycles. The van der Waals surface area contributed by atoms with Crippen molar-refractivity contribution in [3.05, 3.63) is 23.5 Å². The molecule has 0 aliphatic heterocycles. The molecule has 1 aromatic carbocycles. The highest BCUT2D eigenvalue weighted by atomic mass is 19.1. The second-order valence-electron chi connectivity index (χ2n) is 2.97. The number of hydrogen-bond donors (Lipinski definition) is 1. The van der Waals surface area contributed by atoms with Crippen LogP contribution in [-0.2, 0) is 4.84 Å². The van der Waals surface area contributed by atoms with E-state index in [1.54, 1.807) is 6.92 Å². The molecule has 0 heterocycles. The van der Waals surface area contributed by atoms with Crippen LogP contribution in [0.25, 0.3) is 0 Å². The molecule has 0 fully saturated rings. The van der Waals surface area contributed by atoms with E-state index in [2.05, 4.69) is 4.84 Å². The Bertz CT molecular complexity index is 344. The topological polar surface area (TPSA) is 53.7 Å². The second-order valence-corrected chi connectivity index (χ2v) is 2.97. The lowest BCUT2D eigenvalue weighted by Crippen LogP contribution is -2.09. The lowest BCUT2D eigenvalue weighted by atomic mass is 10.1. The van der Waals surface area contributed by atoms with Gasteiger partial charge >= 0.3 is 0 Å². The number of halogens is 1. The maximum Gasteiger partial charge on any atom is 0.165 e. The molecular weight excluding hydrogens is 201 g/mol. The number of nitrogens with two attached hydrogens (primary N) is 1. The molecule has 0 bridgehead atoms. The fraction of sp³-hybridized carbons (Fsp3) is 0.400. The third-order valence-corrected chi connectivity index (χ3v) is 2.14. The Hall–Kier alpha value is -1.33. The first-order valence-electron chi connectivity index (χ1n) is 4.41. The maximum atomic E-state index is 13.4. The van der Waals surface area contributed by atoms with Gasteiger partial charge in [-0.25, -0.2) is 10.3 Å². The Morgan fingerprint density at radius 1 is 1.27 bits per heavy atom. The van der Waals surface area contributed by atoms with Gasteiger partial charge in [0, 0.05) is 0 Å². The van der Waals surface area contributed by atoms with Crippen molar-refractivity contribution in [1.82, 2.24) is 0 Å². The minimum absolute atomic E-state index is 0.0901. The van der Waals surface area contributed by atoms with Crippen molar-refractivity contribution >= 4 is 0 Å². The van der Waals surface area contributed by atoms with Crippen LogP contribution in [0.3, 0.4) is 0 Å². The van der Waals surface area contributed by atoms with Crippen molar-refractivity contribution in [2.75, 3.05) is 14.2 Å². The molecule has 0 amide bonds. The van der Waals surface area contributed by atoms with E-state index in [4.69, 9.17) is 15.4 Å². The van der Waals surface area contributed by atoms with Gasteiger partial charge < -0.3 is 9.47 Å². The van der Waals surface area contributed by atoms with Gasteiger partial charge in [-0.3, -0.25) is 4.84 Å². The summed E-state index contributed by atoms with van der Waals surface area (Å²) in [5.41, 5.74) is 0.461. The first-order chi connectivity index (χ1) is 7.15. The SMILES string of the molecule is COc1ccc(F)c(OC)c1C(C)ON. The summed E-state index contributed by atoms with van der Waals surface area (Å²) in [7, 11) is 2.87.